The monoisotopic (exact) mass is 462 g/mol. The number of hydrogen-bond donors (Lipinski definition) is 0. The van der Waals surface area contributed by atoms with Gasteiger partial charge in [0.05, 0.1) is 19.8 Å². The van der Waals surface area contributed by atoms with Crippen molar-refractivity contribution in [3.05, 3.63) is 0 Å². The summed E-state index contributed by atoms with van der Waals surface area (Å²) in [6.45, 7) is 11.0. The molecule has 0 aliphatic carbocycles. The average Bonchev–Trinajstić information content (AvgIpc) is 2.77. The van der Waals surface area contributed by atoms with Crippen LogP contribution in [0.15, 0.2) is 0 Å². The first-order valence-corrected chi connectivity index (χ1v) is 14.2. The number of alkyl halides is 1. The number of hydrogen-bond acceptors (Lipinski definition) is 3. The fourth-order valence-electron chi connectivity index (χ4n) is 3.89. The molecule has 0 aromatic heterocycles. The lowest BCUT2D eigenvalue weighted by atomic mass is 9.91. The van der Waals surface area contributed by atoms with Crippen LogP contribution < -0.4 is 0 Å². The van der Waals surface area contributed by atoms with E-state index in [1.807, 2.05) is 0 Å². The first-order valence-electron chi connectivity index (χ1n) is 13.7. The maximum Gasteiger partial charge on any atom is 0.285 e. The Balaban J connectivity index is 5.28. The standard InChI is InChI=1S/C27H55ClO3/c1-5-9-13-14-15-17-20-26(21-18-16-19-22-28)27(29-23-10-6-2,30-24-11-7-3)31-25-12-8-4/h26H,5-25H2,1-4H3. The minimum Gasteiger partial charge on any atom is -0.327 e. The van der Waals surface area contributed by atoms with Gasteiger partial charge in [0, 0.05) is 11.8 Å². The molecular weight excluding hydrogens is 408 g/mol. The second-order valence-electron chi connectivity index (χ2n) is 9.00. The molecule has 0 aliphatic rings. The molecule has 0 rings (SSSR count). The summed E-state index contributed by atoms with van der Waals surface area (Å²) >= 11 is 5.93. The Kier molecular flexibility index (Phi) is 23.5. The van der Waals surface area contributed by atoms with Gasteiger partial charge in [0.2, 0.25) is 0 Å². The van der Waals surface area contributed by atoms with Gasteiger partial charge in [-0.3, -0.25) is 0 Å². The van der Waals surface area contributed by atoms with Crippen LogP contribution in [0.4, 0.5) is 0 Å². The summed E-state index contributed by atoms with van der Waals surface area (Å²) in [7, 11) is 0. The van der Waals surface area contributed by atoms with E-state index in [1.54, 1.807) is 0 Å². The lowest BCUT2D eigenvalue weighted by molar-refractivity contribution is -0.407. The van der Waals surface area contributed by atoms with Crippen molar-refractivity contribution in [3.8, 4) is 0 Å². The summed E-state index contributed by atoms with van der Waals surface area (Å²) in [4.78, 5) is 0. The predicted molar refractivity (Wildman–Crippen MR) is 136 cm³/mol. The Morgan fingerprint density at radius 3 is 1.32 bits per heavy atom. The van der Waals surface area contributed by atoms with Crippen LogP contribution in [0, 0.1) is 5.92 Å². The van der Waals surface area contributed by atoms with Gasteiger partial charge in [-0.2, -0.15) is 0 Å². The van der Waals surface area contributed by atoms with Crippen molar-refractivity contribution in [1.82, 2.24) is 0 Å². The molecule has 1 unspecified atom stereocenters. The molecule has 0 heterocycles. The summed E-state index contributed by atoms with van der Waals surface area (Å²) in [6.07, 6.45) is 20.0. The van der Waals surface area contributed by atoms with E-state index in [9.17, 15) is 0 Å². The molecule has 0 saturated carbocycles. The summed E-state index contributed by atoms with van der Waals surface area (Å²) in [6, 6.07) is 0. The molecule has 3 nitrogen and oxygen atoms in total. The smallest absolute Gasteiger partial charge is 0.285 e. The average molecular weight is 463 g/mol. The third-order valence-corrected chi connectivity index (χ3v) is 6.26. The highest BCUT2D eigenvalue weighted by Crippen LogP contribution is 2.35. The molecule has 0 aromatic carbocycles. The summed E-state index contributed by atoms with van der Waals surface area (Å²) in [5.41, 5.74) is 0. The molecule has 188 valence electrons. The van der Waals surface area contributed by atoms with E-state index in [1.165, 1.54) is 51.4 Å². The van der Waals surface area contributed by atoms with E-state index in [4.69, 9.17) is 25.8 Å². The lowest BCUT2D eigenvalue weighted by Gasteiger charge is -2.40. The van der Waals surface area contributed by atoms with Crippen LogP contribution in [0.25, 0.3) is 0 Å². The first kappa shape index (κ1) is 31.2. The third kappa shape index (κ3) is 16.4. The van der Waals surface area contributed by atoms with E-state index in [-0.39, 0.29) is 0 Å². The Hall–Kier alpha value is 0.170. The highest BCUT2D eigenvalue weighted by molar-refractivity contribution is 6.17. The maximum absolute atomic E-state index is 6.51. The number of rotatable bonds is 25. The van der Waals surface area contributed by atoms with Crippen LogP contribution >= 0.6 is 11.6 Å². The van der Waals surface area contributed by atoms with Gasteiger partial charge in [0.1, 0.15) is 0 Å². The Morgan fingerprint density at radius 1 is 0.516 bits per heavy atom. The number of ether oxygens (including phenoxy) is 3. The second kappa shape index (κ2) is 23.3. The Bertz CT molecular complexity index is 325. The van der Waals surface area contributed by atoms with Crippen molar-refractivity contribution >= 4 is 11.6 Å². The second-order valence-corrected chi connectivity index (χ2v) is 9.38. The molecule has 0 radical (unpaired) electrons. The molecule has 31 heavy (non-hydrogen) atoms. The molecule has 0 bridgehead atoms. The highest BCUT2D eigenvalue weighted by atomic mass is 35.5. The first-order chi connectivity index (χ1) is 15.2. The van der Waals surface area contributed by atoms with Gasteiger partial charge < -0.3 is 14.2 Å². The molecule has 0 aromatic rings. The zero-order valence-electron chi connectivity index (χ0n) is 21.5. The molecule has 0 aliphatic heterocycles. The van der Waals surface area contributed by atoms with E-state index in [0.29, 0.717) is 25.7 Å². The minimum atomic E-state index is -0.871. The Morgan fingerprint density at radius 2 is 0.903 bits per heavy atom. The number of unbranched alkanes of at least 4 members (excludes halogenated alkanes) is 10. The molecular formula is C27H55ClO3. The van der Waals surface area contributed by atoms with Gasteiger partial charge in [0.15, 0.2) is 0 Å². The fourth-order valence-corrected chi connectivity index (χ4v) is 4.07. The van der Waals surface area contributed by atoms with Crippen LogP contribution in [-0.4, -0.2) is 31.7 Å². The van der Waals surface area contributed by atoms with E-state index >= 15 is 0 Å². The summed E-state index contributed by atoms with van der Waals surface area (Å²) < 4.78 is 19.5. The van der Waals surface area contributed by atoms with E-state index in [0.717, 1.165) is 63.7 Å². The van der Waals surface area contributed by atoms with Crippen LogP contribution in [-0.2, 0) is 14.2 Å². The van der Waals surface area contributed by atoms with E-state index < -0.39 is 5.97 Å². The molecule has 0 spiro atoms. The zero-order chi connectivity index (χ0) is 23.0. The van der Waals surface area contributed by atoms with Crippen LogP contribution in [0.2, 0.25) is 0 Å². The van der Waals surface area contributed by atoms with Crippen LogP contribution in [0.5, 0.6) is 0 Å². The highest BCUT2D eigenvalue weighted by Gasteiger charge is 2.42. The van der Waals surface area contributed by atoms with Crippen molar-refractivity contribution in [3.63, 3.8) is 0 Å². The molecule has 0 amide bonds. The van der Waals surface area contributed by atoms with Crippen molar-refractivity contribution in [2.24, 2.45) is 5.92 Å². The normalized spacial score (nSPS) is 13.1. The fraction of sp³-hybridized carbons (Fsp3) is 1.00. The molecule has 0 fully saturated rings. The van der Waals surface area contributed by atoms with Crippen LogP contribution in [0.1, 0.15) is 137 Å². The van der Waals surface area contributed by atoms with Gasteiger partial charge in [-0.25, -0.2) is 0 Å². The largest absolute Gasteiger partial charge is 0.327 e. The summed E-state index contributed by atoms with van der Waals surface area (Å²) in [5, 5.41) is 0. The van der Waals surface area contributed by atoms with Crippen molar-refractivity contribution < 1.29 is 14.2 Å². The third-order valence-electron chi connectivity index (χ3n) is 6.00. The topological polar surface area (TPSA) is 27.7 Å². The van der Waals surface area contributed by atoms with Gasteiger partial charge in [0.25, 0.3) is 5.97 Å². The van der Waals surface area contributed by atoms with Crippen LogP contribution in [0.3, 0.4) is 0 Å². The van der Waals surface area contributed by atoms with Crippen molar-refractivity contribution in [1.29, 1.82) is 0 Å². The van der Waals surface area contributed by atoms with E-state index in [2.05, 4.69) is 27.7 Å². The van der Waals surface area contributed by atoms with Gasteiger partial charge in [-0.1, -0.05) is 98.3 Å². The molecule has 0 saturated heterocycles. The van der Waals surface area contributed by atoms with Gasteiger partial charge >= 0.3 is 0 Å². The molecule has 4 heteroatoms. The maximum atomic E-state index is 6.51. The minimum absolute atomic E-state index is 0.291. The molecule has 0 N–H and O–H groups in total. The van der Waals surface area contributed by atoms with Gasteiger partial charge in [-0.15, -0.1) is 11.6 Å². The quantitative estimate of drug-likeness (QED) is 0.0767. The zero-order valence-corrected chi connectivity index (χ0v) is 22.3. The van der Waals surface area contributed by atoms with Crippen molar-refractivity contribution in [2.45, 2.75) is 143 Å². The SMILES string of the molecule is CCCCCCCCC(CCCCCCl)C(OCCCC)(OCCCC)OCCCC. The Labute approximate surface area is 200 Å². The molecule has 1 atom stereocenters. The lowest BCUT2D eigenvalue weighted by Crippen LogP contribution is -2.47. The van der Waals surface area contributed by atoms with Gasteiger partial charge in [-0.05, 0) is 38.5 Å². The predicted octanol–water partition coefficient (Wildman–Crippen LogP) is 9.26. The number of halogens is 1. The van der Waals surface area contributed by atoms with Crippen molar-refractivity contribution in [2.75, 3.05) is 25.7 Å². The summed E-state index contributed by atoms with van der Waals surface area (Å²) in [5.74, 6) is 0.170.